The molecular formula is C25H39N3O7. The molecular weight excluding hydrogens is 454 g/mol. The Morgan fingerprint density at radius 2 is 1.74 bits per heavy atom. The molecule has 3 atom stereocenters. The summed E-state index contributed by atoms with van der Waals surface area (Å²) < 4.78 is 15.4. The Balaban J connectivity index is 2.08. The maximum Gasteiger partial charge on any atom is 0.274 e. The highest BCUT2D eigenvalue weighted by Gasteiger charge is 2.48. The summed E-state index contributed by atoms with van der Waals surface area (Å²) in [5.41, 5.74) is -0.322. The van der Waals surface area contributed by atoms with Gasteiger partial charge in [0.15, 0.2) is 17.3 Å². The molecule has 10 heteroatoms. The SMILES string of the molecule is CCc1cc(C(=O)N[C@@H](COC)C(=O)C[C@@H](COC)C(=O)N[C@@H](CC(C)C)C(=O)C2(C)CC2)no1. The van der Waals surface area contributed by atoms with Crippen molar-refractivity contribution in [1.29, 1.82) is 0 Å². The van der Waals surface area contributed by atoms with E-state index in [0.29, 0.717) is 18.6 Å². The normalized spacial score (nSPS) is 16.9. The molecule has 1 heterocycles. The summed E-state index contributed by atoms with van der Waals surface area (Å²) in [5.74, 6) is -1.42. The van der Waals surface area contributed by atoms with E-state index in [9.17, 15) is 19.2 Å². The minimum atomic E-state index is -0.986. The number of carbonyl (C=O) groups excluding carboxylic acids is 4. The Morgan fingerprint density at radius 3 is 2.26 bits per heavy atom. The molecule has 2 rings (SSSR count). The number of hydrogen-bond acceptors (Lipinski definition) is 8. The zero-order chi connectivity index (χ0) is 26.2. The second kappa shape index (κ2) is 12.9. The first-order chi connectivity index (χ1) is 16.5. The molecule has 1 aliphatic rings. The highest BCUT2D eigenvalue weighted by atomic mass is 16.5. The number of methoxy groups -OCH3 is 2. The Kier molecular flexibility index (Phi) is 10.6. The van der Waals surface area contributed by atoms with E-state index in [1.54, 1.807) is 0 Å². The number of hydrogen-bond donors (Lipinski definition) is 2. The van der Waals surface area contributed by atoms with Gasteiger partial charge >= 0.3 is 0 Å². The Bertz CT molecular complexity index is 891. The molecule has 0 radical (unpaired) electrons. The lowest BCUT2D eigenvalue weighted by molar-refractivity contribution is -0.135. The Hall–Kier alpha value is -2.59. The fraction of sp³-hybridized carbons (Fsp3) is 0.720. The third-order valence-corrected chi connectivity index (χ3v) is 6.29. The topological polar surface area (TPSA) is 137 Å². The first kappa shape index (κ1) is 28.6. The monoisotopic (exact) mass is 493 g/mol. The van der Waals surface area contributed by atoms with E-state index >= 15 is 0 Å². The second-order valence-corrected chi connectivity index (χ2v) is 9.95. The van der Waals surface area contributed by atoms with Gasteiger partial charge < -0.3 is 24.6 Å². The van der Waals surface area contributed by atoms with Crippen LogP contribution in [0.4, 0.5) is 0 Å². The lowest BCUT2D eigenvalue weighted by Crippen LogP contribution is -2.49. The quantitative estimate of drug-likeness (QED) is 0.357. The van der Waals surface area contributed by atoms with E-state index in [4.69, 9.17) is 14.0 Å². The number of aryl methyl sites for hydroxylation is 1. The molecule has 1 aromatic rings. The van der Waals surface area contributed by atoms with Crippen LogP contribution in [0, 0.1) is 17.3 Å². The molecule has 0 bridgehead atoms. The number of amides is 2. The molecule has 1 saturated carbocycles. The fourth-order valence-corrected chi connectivity index (χ4v) is 3.86. The lowest BCUT2D eigenvalue weighted by Gasteiger charge is -2.25. The van der Waals surface area contributed by atoms with Gasteiger partial charge in [0, 0.05) is 38.5 Å². The van der Waals surface area contributed by atoms with Gasteiger partial charge in [-0.3, -0.25) is 19.2 Å². The van der Waals surface area contributed by atoms with E-state index < -0.39 is 35.6 Å². The predicted molar refractivity (Wildman–Crippen MR) is 128 cm³/mol. The van der Waals surface area contributed by atoms with Crippen molar-refractivity contribution in [1.82, 2.24) is 15.8 Å². The van der Waals surface area contributed by atoms with Crippen LogP contribution in [0.3, 0.4) is 0 Å². The molecule has 1 fully saturated rings. The van der Waals surface area contributed by atoms with Crippen LogP contribution < -0.4 is 10.6 Å². The minimum absolute atomic E-state index is 0.00573. The summed E-state index contributed by atoms with van der Waals surface area (Å²) >= 11 is 0. The molecule has 1 aromatic heterocycles. The summed E-state index contributed by atoms with van der Waals surface area (Å²) in [7, 11) is 2.86. The smallest absolute Gasteiger partial charge is 0.274 e. The molecule has 0 aromatic carbocycles. The number of nitrogens with zero attached hydrogens (tertiary/aromatic N) is 1. The molecule has 35 heavy (non-hydrogen) atoms. The van der Waals surface area contributed by atoms with Crippen LogP contribution in [-0.2, 0) is 30.3 Å². The average molecular weight is 494 g/mol. The van der Waals surface area contributed by atoms with Crippen LogP contribution in [0.2, 0.25) is 0 Å². The summed E-state index contributed by atoms with van der Waals surface area (Å²) in [5, 5.41) is 9.20. The lowest BCUT2D eigenvalue weighted by atomic mass is 9.90. The number of ether oxygens (including phenoxy) is 2. The highest BCUT2D eigenvalue weighted by molar-refractivity contribution is 5.98. The van der Waals surface area contributed by atoms with Crippen molar-refractivity contribution >= 4 is 23.4 Å². The van der Waals surface area contributed by atoms with E-state index in [1.807, 2.05) is 27.7 Å². The summed E-state index contributed by atoms with van der Waals surface area (Å²) in [6, 6.07) is -0.0874. The van der Waals surface area contributed by atoms with Crippen molar-refractivity contribution < 1.29 is 33.2 Å². The Morgan fingerprint density at radius 1 is 1.09 bits per heavy atom. The van der Waals surface area contributed by atoms with Gasteiger partial charge in [-0.05, 0) is 25.2 Å². The summed E-state index contributed by atoms with van der Waals surface area (Å²) in [6.07, 6.45) is 2.55. The van der Waals surface area contributed by atoms with Gasteiger partial charge in [-0.2, -0.15) is 0 Å². The molecule has 0 saturated heterocycles. The van der Waals surface area contributed by atoms with Gasteiger partial charge in [0.2, 0.25) is 5.91 Å². The number of ketones is 2. The number of aromatic nitrogens is 1. The van der Waals surface area contributed by atoms with Crippen LogP contribution in [0.5, 0.6) is 0 Å². The molecule has 2 amide bonds. The van der Waals surface area contributed by atoms with Crippen molar-refractivity contribution in [3.8, 4) is 0 Å². The maximum atomic E-state index is 13.1. The molecule has 0 spiro atoms. The van der Waals surface area contributed by atoms with Crippen molar-refractivity contribution in [2.75, 3.05) is 27.4 Å². The number of Topliss-reactive ketones (excluding diaryl/α,β-unsaturated/α-hetero) is 2. The number of nitrogens with one attached hydrogen (secondary N) is 2. The van der Waals surface area contributed by atoms with Crippen molar-refractivity contribution in [3.05, 3.63) is 17.5 Å². The van der Waals surface area contributed by atoms with Gasteiger partial charge in [-0.1, -0.05) is 32.9 Å². The van der Waals surface area contributed by atoms with Crippen LogP contribution in [-0.4, -0.2) is 68.1 Å². The summed E-state index contributed by atoms with van der Waals surface area (Å²) in [4.78, 5) is 51.7. The van der Waals surface area contributed by atoms with Gasteiger partial charge in [-0.15, -0.1) is 0 Å². The predicted octanol–water partition coefficient (Wildman–Crippen LogP) is 2.10. The average Bonchev–Trinajstić information content (AvgIpc) is 3.37. The van der Waals surface area contributed by atoms with Crippen molar-refractivity contribution in [3.63, 3.8) is 0 Å². The van der Waals surface area contributed by atoms with Gasteiger partial charge in [0.05, 0.1) is 25.2 Å². The van der Waals surface area contributed by atoms with Crippen LogP contribution in [0.15, 0.2) is 10.6 Å². The molecule has 10 nitrogen and oxygen atoms in total. The van der Waals surface area contributed by atoms with Gasteiger partial charge in [0.25, 0.3) is 5.91 Å². The standard InChI is InChI=1S/C25H39N3O7/c1-7-17-12-19(28-35-17)24(32)27-20(14-34-6)21(29)11-16(13-33-5)23(31)26-18(10-15(2)3)22(30)25(4)8-9-25/h12,15-16,18,20H,7-11,13-14H2,1-6H3,(H,26,31)(H,27,32)/t16-,18-,20-/m0/s1. The van der Waals surface area contributed by atoms with Crippen molar-refractivity contribution in [2.45, 2.75) is 71.9 Å². The molecule has 196 valence electrons. The van der Waals surface area contributed by atoms with Gasteiger partial charge in [0.1, 0.15) is 11.8 Å². The van der Waals surface area contributed by atoms with Crippen LogP contribution >= 0.6 is 0 Å². The maximum absolute atomic E-state index is 13.1. The summed E-state index contributed by atoms with van der Waals surface area (Å²) in [6.45, 7) is 7.69. The first-order valence-corrected chi connectivity index (χ1v) is 12.2. The van der Waals surface area contributed by atoms with Crippen LogP contribution in [0.1, 0.15) is 69.6 Å². The van der Waals surface area contributed by atoms with E-state index in [2.05, 4.69) is 15.8 Å². The highest BCUT2D eigenvalue weighted by Crippen LogP contribution is 2.47. The zero-order valence-electron chi connectivity index (χ0n) is 21.6. The fourth-order valence-electron chi connectivity index (χ4n) is 3.86. The zero-order valence-corrected chi connectivity index (χ0v) is 21.6. The minimum Gasteiger partial charge on any atom is -0.384 e. The van der Waals surface area contributed by atoms with Crippen molar-refractivity contribution in [2.24, 2.45) is 17.3 Å². The van der Waals surface area contributed by atoms with Gasteiger partial charge in [-0.25, -0.2) is 0 Å². The van der Waals surface area contributed by atoms with E-state index in [1.165, 1.54) is 20.3 Å². The third kappa shape index (κ3) is 8.24. The second-order valence-electron chi connectivity index (χ2n) is 9.95. The first-order valence-electron chi connectivity index (χ1n) is 12.2. The van der Waals surface area contributed by atoms with E-state index in [0.717, 1.165) is 12.8 Å². The molecule has 2 N–H and O–H groups in total. The van der Waals surface area contributed by atoms with Crippen LogP contribution in [0.25, 0.3) is 0 Å². The Labute approximate surface area is 206 Å². The number of rotatable bonds is 16. The van der Waals surface area contributed by atoms with E-state index in [-0.39, 0.29) is 42.4 Å². The largest absolute Gasteiger partial charge is 0.384 e. The molecule has 1 aliphatic carbocycles. The molecule has 0 aliphatic heterocycles. The molecule has 0 unspecified atom stereocenters. The number of carbonyl (C=O) groups is 4. The third-order valence-electron chi connectivity index (χ3n) is 6.29.